The fourth-order valence-corrected chi connectivity index (χ4v) is 5.96. The molecule has 6 rings (SSSR count). The van der Waals surface area contributed by atoms with Crippen LogP contribution in [0.15, 0.2) is 36.5 Å². The first-order valence-corrected chi connectivity index (χ1v) is 13.2. The number of anilines is 2. The molecule has 1 amide bonds. The Balaban J connectivity index is 1.30. The number of fused-ring (bicyclic) bond motifs is 2. The molecule has 2 unspecified atom stereocenters. The average molecular weight is 509 g/mol. The second kappa shape index (κ2) is 8.69. The first kappa shape index (κ1) is 23.1. The summed E-state index contributed by atoms with van der Waals surface area (Å²) in [6.45, 7) is 6.98. The number of halogens is 1. The van der Waals surface area contributed by atoms with Gasteiger partial charge in [0, 0.05) is 30.9 Å². The van der Waals surface area contributed by atoms with E-state index in [0.717, 1.165) is 46.2 Å². The van der Waals surface area contributed by atoms with Crippen LogP contribution in [0.3, 0.4) is 0 Å². The van der Waals surface area contributed by atoms with Crippen molar-refractivity contribution < 1.29 is 13.9 Å². The van der Waals surface area contributed by atoms with E-state index in [2.05, 4.69) is 15.2 Å². The number of nitrogens with zero attached hydrogens (tertiary/aromatic N) is 5. The number of carbonyl (C=O) groups excluding carboxylic acids is 1. The van der Waals surface area contributed by atoms with Crippen LogP contribution in [0.2, 0.25) is 0 Å². The smallest absolute Gasteiger partial charge is 0.410 e. The lowest BCUT2D eigenvalue weighted by Gasteiger charge is -2.35. The lowest BCUT2D eigenvalue weighted by molar-refractivity contribution is 0.0214. The molecule has 3 aliphatic rings. The minimum Gasteiger partial charge on any atom is -0.444 e. The summed E-state index contributed by atoms with van der Waals surface area (Å²) in [6.07, 6.45) is 4.67. The Morgan fingerprint density at radius 2 is 1.89 bits per heavy atom. The molecule has 2 atom stereocenters. The largest absolute Gasteiger partial charge is 0.444 e. The maximum absolute atomic E-state index is 13.7. The molecule has 2 aromatic heterocycles. The Hall–Kier alpha value is -3.27. The molecular formula is C26H29FN6O2S. The van der Waals surface area contributed by atoms with Crippen molar-refractivity contribution in [1.82, 2.24) is 19.9 Å². The molecule has 1 saturated carbocycles. The van der Waals surface area contributed by atoms with E-state index in [9.17, 15) is 9.18 Å². The third-order valence-corrected chi connectivity index (χ3v) is 7.76. The molecule has 1 N–H and O–H groups in total. The van der Waals surface area contributed by atoms with Crippen LogP contribution >= 0.6 is 11.3 Å². The molecule has 2 bridgehead atoms. The van der Waals surface area contributed by atoms with Gasteiger partial charge in [0.05, 0.1) is 28.3 Å². The fraction of sp³-hybridized carbons (Fsp3) is 0.462. The van der Waals surface area contributed by atoms with Crippen molar-refractivity contribution >= 4 is 28.5 Å². The van der Waals surface area contributed by atoms with Gasteiger partial charge in [0.25, 0.3) is 0 Å². The number of benzene rings is 1. The summed E-state index contributed by atoms with van der Waals surface area (Å²) in [7, 11) is 0. The Morgan fingerprint density at radius 1 is 1.11 bits per heavy atom. The van der Waals surface area contributed by atoms with Crippen molar-refractivity contribution in [2.45, 2.75) is 63.8 Å². The van der Waals surface area contributed by atoms with Gasteiger partial charge in [-0.2, -0.15) is 0 Å². The number of ether oxygens (including phenoxy) is 1. The molecule has 36 heavy (non-hydrogen) atoms. The van der Waals surface area contributed by atoms with Gasteiger partial charge in [-0.15, -0.1) is 0 Å². The quantitative estimate of drug-likeness (QED) is 0.509. The van der Waals surface area contributed by atoms with Crippen LogP contribution in [0, 0.1) is 5.82 Å². The Bertz CT molecular complexity index is 1290. The van der Waals surface area contributed by atoms with Crippen LogP contribution in [0.25, 0.3) is 21.8 Å². The van der Waals surface area contributed by atoms with Crippen molar-refractivity contribution in [3.8, 4) is 21.8 Å². The minimum absolute atomic E-state index is 0.0971. The van der Waals surface area contributed by atoms with E-state index in [-0.39, 0.29) is 24.0 Å². The van der Waals surface area contributed by atoms with E-state index in [1.807, 2.05) is 31.7 Å². The molecule has 8 nitrogen and oxygen atoms in total. The third-order valence-electron chi connectivity index (χ3n) is 6.65. The van der Waals surface area contributed by atoms with Crippen LogP contribution in [0.1, 0.15) is 40.0 Å². The fourth-order valence-electron chi connectivity index (χ4n) is 4.82. The second-order valence-corrected chi connectivity index (χ2v) is 11.7. The maximum atomic E-state index is 13.7. The van der Waals surface area contributed by atoms with Gasteiger partial charge in [-0.3, -0.25) is 0 Å². The maximum Gasteiger partial charge on any atom is 0.410 e. The lowest BCUT2D eigenvalue weighted by Crippen LogP contribution is -2.50. The molecule has 2 saturated heterocycles. The van der Waals surface area contributed by atoms with Gasteiger partial charge in [0.2, 0.25) is 5.95 Å². The van der Waals surface area contributed by atoms with E-state index in [1.54, 1.807) is 29.7 Å². The summed E-state index contributed by atoms with van der Waals surface area (Å²) in [6, 6.07) is 9.03. The lowest BCUT2D eigenvalue weighted by atomic mass is 10.1. The number of nitrogens with one attached hydrogen (secondary N) is 1. The minimum atomic E-state index is -0.516. The molecule has 1 aromatic carbocycles. The monoisotopic (exact) mass is 508 g/mol. The molecule has 188 valence electrons. The summed E-state index contributed by atoms with van der Waals surface area (Å²) in [4.78, 5) is 31.9. The van der Waals surface area contributed by atoms with Crippen LogP contribution < -0.4 is 10.2 Å². The second-order valence-electron chi connectivity index (χ2n) is 10.7. The zero-order valence-electron chi connectivity index (χ0n) is 20.6. The number of amides is 1. The molecular weight excluding hydrogens is 479 g/mol. The van der Waals surface area contributed by atoms with Crippen LogP contribution in [0.4, 0.5) is 20.3 Å². The number of piperazine rings is 1. The highest BCUT2D eigenvalue weighted by Crippen LogP contribution is 2.44. The molecule has 2 aliphatic heterocycles. The number of thiazole rings is 1. The Morgan fingerprint density at radius 3 is 2.56 bits per heavy atom. The molecule has 3 aromatic rings. The molecule has 3 fully saturated rings. The van der Waals surface area contributed by atoms with Crippen LogP contribution in [0.5, 0.6) is 0 Å². The standard InChI is InChI=1S/C26H29FN6O2S/c1-26(2,3)35-25(34)33-14-18-12-19(33)13-32(18)24-31-21(15-4-6-16(27)7-5-15)22(36-24)20-10-11-28-23(30-20)29-17-8-9-17/h4-7,10-11,17-19H,8-9,12-14H2,1-3H3,(H,28,29,30). The van der Waals surface area contributed by atoms with E-state index >= 15 is 0 Å². The van der Waals surface area contributed by atoms with E-state index in [1.165, 1.54) is 12.1 Å². The van der Waals surface area contributed by atoms with E-state index in [0.29, 0.717) is 25.1 Å². The van der Waals surface area contributed by atoms with Gasteiger partial charge in [0.1, 0.15) is 11.4 Å². The summed E-state index contributed by atoms with van der Waals surface area (Å²) in [5, 5.41) is 4.25. The Kier molecular flexibility index (Phi) is 5.59. The highest BCUT2D eigenvalue weighted by molar-refractivity contribution is 7.19. The van der Waals surface area contributed by atoms with E-state index < -0.39 is 5.60 Å². The topological polar surface area (TPSA) is 83.5 Å². The van der Waals surface area contributed by atoms with Crippen molar-refractivity contribution in [3.63, 3.8) is 0 Å². The highest BCUT2D eigenvalue weighted by Gasteiger charge is 2.47. The molecule has 1 aliphatic carbocycles. The number of rotatable bonds is 5. The van der Waals surface area contributed by atoms with Crippen molar-refractivity contribution in [2.75, 3.05) is 23.3 Å². The van der Waals surface area contributed by atoms with Gasteiger partial charge in [-0.05, 0) is 70.4 Å². The highest BCUT2D eigenvalue weighted by atomic mass is 32.1. The summed E-state index contributed by atoms with van der Waals surface area (Å²) in [5.41, 5.74) is 1.88. The first-order chi connectivity index (χ1) is 17.2. The Labute approximate surface area is 213 Å². The van der Waals surface area contributed by atoms with Crippen LogP contribution in [-0.4, -0.2) is 62.8 Å². The normalized spacial score (nSPS) is 21.2. The predicted molar refractivity (Wildman–Crippen MR) is 138 cm³/mol. The first-order valence-electron chi connectivity index (χ1n) is 12.4. The zero-order chi connectivity index (χ0) is 25.0. The van der Waals surface area contributed by atoms with Gasteiger partial charge < -0.3 is 19.9 Å². The molecule has 4 heterocycles. The van der Waals surface area contributed by atoms with Crippen molar-refractivity contribution in [2.24, 2.45) is 0 Å². The van der Waals surface area contributed by atoms with Crippen molar-refractivity contribution in [3.05, 3.63) is 42.3 Å². The number of likely N-dealkylation sites (tertiary alicyclic amines) is 1. The number of hydrogen-bond acceptors (Lipinski definition) is 8. The summed E-state index contributed by atoms with van der Waals surface area (Å²) < 4.78 is 19.3. The predicted octanol–water partition coefficient (Wildman–Crippen LogP) is 5.18. The molecule has 0 radical (unpaired) electrons. The third kappa shape index (κ3) is 4.61. The van der Waals surface area contributed by atoms with Crippen molar-refractivity contribution in [1.29, 1.82) is 0 Å². The SMILES string of the molecule is CC(C)(C)OC(=O)N1CC2CC1CN2c1nc(-c2ccc(F)cc2)c(-c2ccnc(NC3CC3)n2)s1. The number of aromatic nitrogens is 3. The van der Waals surface area contributed by atoms with E-state index in [4.69, 9.17) is 14.7 Å². The number of carbonyl (C=O) groups is 1. The zero-order valence-corrected chi connectivity index (χ0v) is 21.4. The average Bonchev–Trinajstić information content (AvgIpc) is 3.23. The van der Waals surface area contributed by atoms with Gasteiger partial charge in [-0.25, -0.2) is 24.1 Å². The van der Waals surface area contributed by atoms with Crippen LogP contribution in [-0.2, 0) is 4.74 Å². The van der Waals surface area contributed by atoms with Gasteiger partial charge in [-0.1, -0.05) is 11.3 Å². The molecule has 10 heteroatoms. The van der Waals surface area contributed by atoms with Gasteiger partial charge in [0.15, 0.2) is 5.13 Å². The molecule has 0 spiro atoms. The van der Waals surface area contributed by atoms with Gasteiger partial charge >= 0.3 is 6.09 Å². The summed E-state index contributed by atoms with van der Waals surface area (Å²) >= 11 is 1.58. The summed E-state index contributed by atoms with van der Waals surface area (Å²) in [5.74, 6) is 0.330. The number of hydrogen-bond donors (Lipinski definition) is 1.